The van der Waals surface area contributed by atoms with Gasteiger partial charge in [0.25, 0.3) is 0 Å². The lowest BCUT2D eigenvalue weighted by atomic mass is 10.2. The maximum atomic E-state index is 12.4. The molecular weight excluding hydrogens is 400 g/mol. The lowest BCUT2D eigenvalue weighted by Crippen LogP contribution is -2.53. The summed E-state index contributed by atoms with van der Waals surface area (Å²) in [4.78, 5) is 17.7. The average Bonchev–Trinajstić information content (AvgIpc) is 2.77. The molecule has 0 aliphatic carbocycles. The number of guanidine groups is 1. The molecule has 162 valence electrons. The molecule has 2 heterocycles. The van der Waals surface area contributed by atoms with E-state index < -0.39 is 9.84 Å². The van der Waals surface area contributed by atoms with Crippen molar-refractivity contribution >= 4 is 21.7 Å². The number of nitrogens with zero attached hydrogens (tertiary/aromatic N) is 5. The normalized spacial score (nSPS) is 15.3. The number of hydrogen-bond acceptors (Lipinski definition) is 6. The van der Waals surface area contributed by atoms with Crippen molar-refractivity contribution in [3.8, 4) is 0 Å². The molecule has 1 aliphatic rings. The number of piperazine rings is 1. The molecule has 0 amide bonds. The second-order valence-corrected chi connectivity index (χ2v) is 9.37. The minimum Gasteiger partial charge on any atom is -0.357 e. The molecule has 8 nitrogen and oxygen atoms in total. The minimum atomic E-state index is -3.13. The van der Waals surface area contributed by atoms with Crippen LogP contribution in [0.25, 0.3) is 0 Å². The Bertz CT molecular complexity index is 898. The second kappa shape index (κ2) is 10.9. The van der Waals surface area contributed by atoms with Crippen LogP contribution in [0.1, 0.15) is 18.9 Å². The quantitative estimate of drug-likeness (QED) is 0.386. The van der Waals surface area contributed by atoms with Crippen molar-refractivity contribution in [3.05, 3.63) is 54.4 Å². The van der Waals surface area contributed by atoms with Crippen LogP contribution in [0, 0.1) is 0 Å². The van der Waals surface area contributed by atoms with E-state index in [4.69, 9.17) is 0 Å². The van der Waals surface area contributed by atoms with Crippen molar-refractivity contribution < 1.29 is 8.42 Å². The molecule has 1 aliphatic heterocycles. The summed E-state index contributed by atoms with van der Waals surface area (Å²) in [6, 6.07) is 11.1. The van der Waals surface area contributed by atoms with Gasteiger partial charge in [-0.1, -0.05) is 30.3 Å². The summed E-state index contributed by atoms with van der Waals surface area (Å²) in [5.74, 6) is 1.82. The van der Waals surface area contributed by atoms with Crippen LogP contribution >= 0.6 is 0 Å². The van der Waals surface area contributed by atoms with Crippen LogP contribution in [0.5, 0.6) is 0 Å². The Kier molecular flexibility index (Phi) is 8.01. The fraction of sp³-hybridized carbons (Fsp3) is 0.476. The Morgan fingerprint density at radius 3 is 2.43 bits per heavy atom. The molecule has 1 aromatic carbocycles. The van der Waals surface area contributed by atoms with Crippen molar-refractivity contribution in [1.29, 1.82) is 0 Å². The van der Waals surface area contributed by atoms with Crippen molar-refractivity contribution in [1.82, 2.24) is 20.2 Å². The van der Waals surface area contributed by atoms with Gasteiger partial charge >= 0.3 is 0 Å². The highest BCUT2D eigenvalue weighted by molar-refractivity contribution is 7.90. The van der Waals surface area contributed by atoms with Gasteiger partial charge in [0.05, 0.1) is 11.5 Å². The van der Waals surface area contributed by atoms with Gasteiger partial charge in [-0.15, -0.1) is 0 Å². The highest BCUT2D eigenvalue weighted by atomic mass is 32.2. The van der Waals surface area contributed by atoms with Crippen LogP contribution in [0.15, 0.2) is 53.8 Å². The predicted molar refractivity (Wildman–Crippen MR) is 120 cm³/mol. The van der Waals surface area contributed by atoms with Crippen molar-refractivity contribution in [2.24, 2.45) is 4.99 Å². The minimum absolute atomic E-state index is 0.0845. The van der Waals surface area contributed by atoms with Crippen LogP contribution in [0.2, 0.25) is 0 Å². The number of aliphatic imine (C=N–C) groups is 1. The van der Waals surface area contributed by atoms with Gasteiger partial charge in [0.2, 0.25) is 5.95 Å². The molecule has 0 atom stereocenters. The van der Waals surface area contributed by atoms with Crippen molar-refractivity contribution in [2.75, 3.05) is 49.9 Å². The number of nitrogens with one attached hydrogen (secondary N) is 1. The van der Waals surface area contributed by atoms with Gasteiger partial charge in [-0.25, -0.2) is 18.4 Å². The van der Waals surface area contributed by atoms with Gasteiger partial charge in [0.1, 0.15) is 0 Å². The van der Waals surface area contributed by atoms with E-state index >= 15 is 0 Å². The third kappa shape index (κ3) is 6.69. The van der Waals surface area contributed by atoms with Gasteiger partial charge in [0.15, 0.2) is 15.8 Å². The third-order valence-electron chi connectivity index (χ3n) is 4.85. The number of hydrogen-bond donors (Lipinski definition) is 1. The predicted octanol–water partition coefficient (Wildman–Crippen LogP) is 1.57. The topological polar surface area (TPSA) is 90.8 Å². The first-order chi connectivity index (χ1) is 14.6. The van der Waals surface area contributed by atoms with E-state index in [0.717, 1.165) is 50.2 Å². The summed E-state index contributed by atoms with van der Waals surface area (Å²) in [5, 5.41) is 3.32. The largest absolute Gasteiger partial charge is 0.357 e. The standard InChI is InChI=1S/C21H30N6O2S/c1-2-22-20(26-13-15-27(16-14-26)21-23-10-6-11-24-21)25-12-7-17-30(28,29)18-19-8-4-3-5-9-19/h3-6,8-11H,2,7,12-18H2,1H3,(H,22,25). The summed E-state index contributed by atoms with van der Waals surface area (Å²) in [6.07, 6.45) is 4.03. The van der Waals surface area contributed by atoms with Gasteiger partial charge in [-0.3, -0.25) is 4.99 Å². The number of sulfone groups is 1. The van der Waals surface area contributed by atoms with Crippen LogP contribution in [-0.4, -0.2) is 74.3 Å². The Labute approximate surface area is 179 Å². The molecule has 0 unspecified atom stereocenters. The molecule has 3 rings (SSSR count). The zero-order valence-electron chi connectivity index (χ0n) is 17.4. The van der Waals surface area contributed by atoms with E-state index in [2.05, 4.69) is 30.1 Å². The van der Waals surface area contributed by atoms with Crippen LogP contribution in [0.4, 0.5) is 5.95 Å². The Morgan fingerprint density at radius 2 is 1.77 bits per heavy atom. The highest BCUT2D eigenvalue weighted by Gasteiger charge is 2.21. The molecule has 1 fully saturated rings. The first-order valence-electron chi connectivity index (χ1n) is 10.4. The van der Waals surface area contributed by atoms with E-state index in [1.54, 1.807) is 12.4 Å². The molecule has 0 spiro atoms. The number of rotatable bonds is 8. The SMILES string of the molecule is CCNC(=NCCCS(=O)(=O)Cc1ccccc1)N1CCN(c2ncccn2)CC1. The first-order valence-corrected chi connectivity index (χ1v) is 12.2. The molecule has 2 aromatic rings. The number of benzene rings is 1. The van der Waals surface area contributed by atoms with Gasteiger partial charge < -0.3 is 15.1 Å². The average molecular weight is 431 g/mol. The molecule has 1 N–H and O–H groups in total. The van der Waals surface area contributed by atoms with E-state index in [1.165, 1.54) is 0 Å². The van der Waals surface area contributed by atoms with E-state index in [-0.39, 0.29) is 11.5 Å². The van der Waals surface area contributed by atoms with Gasteiger partial charge in [-0.2, -0.15) is 0 Å². The Balaban J connectivity index is 1.49. The maximum Gasteiger partial charge on any atom is 0.225 e. The van der Waals surface area contributed by atoms with Crippen LogP contribution < -0.4 is 10.2 Å². The molecule has 30 heavy (non-hydrogen) atoms. The zero-order chi connectivity index (χ0) is 21.2. The fourth-order valence-corrected chi connectivity index (χ4v) is 4.78. The molecule has 0 bridgehead atoms. The zero-order valence-corrected chi connectivity index (χ0v) is 18.3. The molecule has 0 radical (unpaired) electrons. The highest BCUT2D eigenvalue weighted by Crippen LogP contribution is 2.10. The summed E-state index contributed by atoms with van der Waals surface area (Å²) >= 11 is 0. The van der Waals surface area contributed by atoms with Crippen molar-refractivity contribution in [2.45, 2.75) is 19.1 Å². The monoisotopic (exact) mass is 430 g/mol. The molecule has 1 aromatic heterocycles. The summed E-state index contributed by atoms with van der Waals surface area (Å²) in [7, 11) is -3.13. The third-order valence-corrected chi connectivity index (χ3v) is 6.54. The van der Waals surface area contributed by atoms with Crippen LogP contribution in [-0.2, 0) is 15.6 Å². The van der Waals surface area contributed by atoms with Gasteiger partial charge in [-0.05, 0) is 25.0 Å². The Hall–Kier alpha value is -2.68. The molecule has 0 saturated carbocycles. The lowest BCUT2D eigenvalue weighted by Gasteiger charge is -2.36. The molecular formula is C21H30N6O2S. The van der Waals surface area contributed by atoms with Crippen molar-refractivity contribution in [3.63, 3.8) is 0 Å². The first kappa shape index (κ1) is 22.0. The Morgan fingerprint density at radius 1 is 1.07 bits per heavy atom. The smallest absolute Gasteiger partial charge is 0.225 e. The molecule has 9 heteroatoms. The van der Waals surface area contributed by atoms with Crippen LogP contribution in [0.3, 0.4) is 0 Å². The van der Waals surface area contributed by atoms with Gasteiger partial charge in [0, 0.05) is 51.7 Å². The lowest BCUT2D eigenvalue weighted by molar-refractivity contribution is 0.370. The number of anilines is 1. The van der Waals surface area contributed by atoms with E-state index in [0.29, 0.717) is 13.0 Å². The maximum absolute atomic E-state index is 12.4. The summed E-state index contributed by atoms with van der Waals surface area (Å²) in [6.45, 7) is 6.56. The summed E-state index contributed by atoms with van der Waals surface area (Å²) in [5.41, 5.74) is 0.828. The second-order valence-electron chi connectivity index (χ2n) is 7.19. The summed E-state index contributed by atoms with van der Waals surface area (Å²) < 4.78 is 24.7. The number of aromatic nitrogens is 2. The van der Waals surface area contributed by atoms with E-state index in [9.17, 15) is 8.42 Å². The molecule has 1 saturated heterocycles. The fourth-order valence-electron chi connectivity index (χ4n) is 3.37. The van der Waals surface area contributed by atoms with E-state index in [1.807, 2.05) is 43.3 Å².